The fourth-order valence-electron chi connectivity index (χ4n) is 1.90. The number of carboxylic acid groups (broad SMARTS) is 1. The lowest BCUT2D eigenvalue weighted by molar-refractivity contribution is -0.126. The van der Waals surface area contributed by atoms with Gasteiger partial charge in [0.25, 0.3) is 0 Å². The van der Waals surface area contributed by atoms with Crippen molar-refractivity contribution in [1.29, 1.82) is 0 Å². The summed E-state index contributed by atoms with van der Waals surface area (Å²) >= 11 is 0. The lowest BCUT2D eigenvalue weighted by atomic mass is 9.89. The molecule has 0 spiro atoms. The number of hydrogen-bond donors (Lipinski definition) is 1. The molecule has 0 saturated carbocycles. The number of Topliss-reactive ketones (excluding diaryl/α,β-unsaturated/α-hetero) is 1. The minimum atomic E-state index is -1.01. The highest BCUT2D eigenvalue weighted by Gasteiger charge is 2.27. The summed E-state index contributed by atoms with van der Waals surface area (Å²) in [5.74, 6) is -1.38. The second-order valence-corrected chi connectivity index (χ2v) is 3.74. The van der Waals surface area contributed by atoms with Crippen LogP contribution in [0.5, 0.6) is 0 Å². The summed E-state index contributed by atoms with van der Waals surface area (Å²) in [6, 6.07) is 6.59. The van der Waals surface area contributed by atoms with Gasteiger partial charge in [0.15, 0.2) is 0 Å². The molecular weight excluding hydrogens is 208 g/mol. The van der Waals surface area contributed by atoms with Gasteiger partial charge in [-0.05, 0) is 11.6 Å². The van der Waals surface area contributed by atoms with Crippen LogP contribution in [0.15, 0.2) is 24.3 Å². The molecule has 1 N–H and O–H groups in total. The first-order valence-electron chi connectivity index (χ1n) is 5.13. The average molecular weight is 220 g/mol. The molecule has 1 heterocycles. The maximum atomic E-state index is 11.7. The Hall–Kier alpha value is -1.68. The van der Waals surface area contributed by atoms with Crippen LogP contribution in [0.25, 0.3) is 0 Å². The summed E-state index contributed by atoms with van der Waals surface area (Å²) in [5.41, 5.74) is 0.742. The molecule has 0 bridgehead atoms. The molecule has 2 rings (SSSR count). The molecule has 84 valence electrons. The van der Waals surface area contributed by atoms with Crippen molar-refractivity contribution in [3.05, 3.63) is 35.4 Å². The standard InChI is InChI=1S/C12H12O4/c13-11-5-6-16-7-10(11)8-3-1-2-4-9(8)12(14)15/h1-4,10H,5-7H2,(H,14,15). The second-order valence-electron chi connectivity index (χ2n) is 3.74. The van der Waals surface area contributed by atoms with Crippen molar-refractivity contribution in [1.82, 2.24) is 0 Å². The van der Waals surface area contributed by atoms with E-state index in [1.54, 1.807) is 18.2 Å². The molecule has 1 fully saturated rings. The number of benzene rings is 1. The SMILES string of the molecule is O=C(O)c1ccccc1C1COCCC1=O. The number of aromatic carboxylic acids is 1. The van der Waals surface area contributed by atoms with E-state index in [1.165, 1.54) is 6.07 Å². The van der Waals surface area contributed by atoms with Crippen molar-refractivity contribution >= 4 is 11.8 Å². The van der Waals surface area contributed by atoms with Crippen LogP contribution < -0.4 is 0 Å². The van der Waals surface area contributed by atoms with Crippen LogP contribution in [0.3, 0.4) is 0 Å². The normalized spacial score (nSPS) is 20.8. The van der Waals surface area contributed by atoms with E-state index < -0.39 is 11.9 Å². The van der Waals surface area contributed by atoms with E-state index in [2.05, 4.69) is 0 Å². The van der Waals surface area contributed by atoms with Gasteiger partial charge in [-0.1, -0.05) is 18.2 Å². The zero-order valence-corrected chi connectivity index (χ0v) is 8.68. The zero-order chi connectivity index (χ0) is 11.5. The quantitative estimate of drug-likeness (QED) is 0.819. The van der Waals surface area contributed by atoms with Gasteiger partial charge in [0, 0.05) is 6.42 Å². The van der Waals surface area contributed by atoms with Gasteiger partial charge in [-0.15, -0.1) is 0 Å². The molecule has 16 heavy (non-hydrogen) atoms. The number of carboxylic acids is 1. The first-order valence-corrected chi connectivity index (χ1v) is 5.13. The van der Waals surface area contributed by atoms with E-state index in [0.29, 0.717) is 18.6 Å². The predicted molar refractivity (Wildman–Crippen MR) is 56.6 cm³/mol. The molecule has 0 aliphatic carbocycles. The fraction of sp³-hybridized carbons (Fsp3) is 0.333. The Morgan fingerprint density at radius 2 is 2.12 bits per heavy atom. The van der Waals surface area contributed by atoms with E-state index >= 15 is 0 Å². The monoisotopic (exact) mass is 220 g/mol. The van der Waals surface area contributed by atoms with Gasteiger partial charge in [0.1, 0.15) is 5.78 Å². The molecule has 1 aromatic carbocycles. The smallest absolute Gasteiger partial charge is 0.335 e. The molecule has 0 amide bonds. The zero-order valence-electron chi connectivity index (χ0n) is 8.68. The number of ether oxygens (including phenoxy) is 1. The Bertz CT molecular complexity index is 425. The van der Waals surface area contributed by atoms with E-state index in [9.17, 15) is 9.59 Å². The second kappa shape index (κ2) is 4.45. The maximum absolute atomic E-state index is 11.7. The van der Waals surface area contributed by atoms with Crippen LogP contribution in [0.4, 0.5) is 0 Å². The number of carbonyl (C=O) groups excluding carboxylic acids is 1. The average Bonchev–Trinajstić information content (AvgIpc) is 2.29. The molecule has 1 atom stereocenters. The van der Waals surface area contributed by atoms with Gasteiger partial charge < -0.3 is 9.84 Å². The minimum absolute atomic E-state index is 0.0555. The van der Waals surface area contributed by atoms with Gasteiger partial charge in [-0.2, -0.15) is 0 Å². The van der Waals surface area contributed by atoms with E-state index in [4.69, 9.17) is 9.84 Å². The molecule has 0 aromatic heterocycles. The molecule has 4 nitrogen and oxygen atoms in total. The number of ketones is 1. The Morgan fingerprint density at radius 3 is 2.81 bits per heavy atom. The third-order valence-electron chi connectivity index (χ3n) is 2.73. The van der Waals surface area contributed by atoms with Crippen LogP contribution in [0.1, 0.15) is 28.3 Å². The summed E-state index contributed by atoms with van der Waals surface area (Å²) in [7, 11) is 0. The first kappa shape index (κ1) is 10.8. The van der Waals surface area contributed by atoms with Gasteiger partial charge in [-0.25, -0.2) is 4.79 Å². The predicted octanol–water partition coefficient (Wildman–Crippen LogP) is 1.46. The van der Waals surface area contributed by atoms with Crippen LogP contribution in [-0.4, -0.2) is 30.1 Å². The Labute approximate surface area is 92.8 Å². The highest BCUT2D eigenvalue weighted by molar-refractivity contribution is 5.94. The summed E-state index contributed by atoms with van der Waals surface area (Å²) in [6.45, 7) is 0.716. The van der Waals surface area contributed by atoms with Crippen LogP contribution in [0, 0.1) is 0 Å². The molecule has 1 saturated heterocycles. The molecule has 1 aliphatic rings. The molecule has 1 unspecified atom stereocenters. The topological polar surface area (TPSA) is 63.6 Å². The van der Waals surface area contributed by atoms with Crippen LogP contribution in [0.2, 0.25) is 0 Å². The highest BCUT2D eigenvalue weighted by Crippen LogP contribution is 2.25. The largest absolute Gasteiger partial charge is 0.478 e. The number of rotatable bonds is 2. The Balaban J connectivity index is 2.38. The highest BCUT2D eigenvalue weighted by atomic mass is 16.5. The third kappa shape index (κ3) is 1.97. The van der Waals surface area contributed by atoms with Crippen molar-refractivity contribution in [3.63, 3.8) is 0 Å². The lowest BCUT2D eigenvalue weighted by Gasteiger charge is -2.22. The van der Waals surface area contributed by atoms with Crippen LogP contribution >= 0.6 is 0 Å². The van der Waals surface area contributed by atoms with Crippen molar-refractivity contribution < 1.29 is 19.4 Å². The molecule has 0 radical (unpaired) electrons. The van der Waals surface area contributed by atoms with Gasteiger partial charge in [0.2, 0.25) is 0 Å². The fourth-order valence-corrected chi connectivity index (χ4v) is 1.90. The summed E-state index contributed by atoms with van der Waals surface area (Å²) in [6.07, 6.45) is 0.360. The van der Waals surface area contributed by atoms with Crippen molar-refractivity contribution in [3.8, 4) is 0 Å². The van der Waals surface area contributed by atoms with E-state index in [1.807, 2.05) is 0 Å². The van der Waals surface area contributed by atoms with E-state index in [-0.39, 0.29) is 18.0 Å². The first-order chi connectivity index (χ1) is 7.70. The number of hydrogen-bond acceptors (Lipinski definition) is 3. The summed E-state index contributed by atoms with van der Waals surface area (Å²) < 4.78 is 5.23. The maximum Gasteiger partial charge on any atom is 0.335 e. The van der Waals surface area contributed by atoms with Crippen molar-refractivity contribution in [2.24, 2.45) is 0 Å². The molecule has 1 aliphatic heterocycles. The lowest BCUT2D eigenvalue weighted by Crippen LogP contribution is -2.27. The Kier molecular flexibility index (Phi) is 3.01. The van der Waals surface area contributed by atoms with Crippen molar-refractivity contribution in [2.75, 3.05) is 13.2 Å². The van der Waals surface area contributed by atoms with Gasteiger partial charge >= 0.3 is 5.97 Å². The van der Waals surface area contributed by atoms with Gasteiger partial charge in [-0.3, -0.25) is 4.79 Å². The minimum Gasteiger partial charge on any atom is -0.478 e. The van der Waals surface area contributed by atoms with E-state index in [0.717, 1.165) is 0 Å². The molecule has 4 heteroatoms. The van der Waals surface area contributed by atoms with Crippen molar-refractivity contribution in [2.45, 2.75) is 12.3 Å². The summed E-state index contributed by atoms with van der Waals surface area (Å²) in [4.78, 5) is 22.7. The summed E-state index contributed by atoms with van der Waals surface area (Å²) in [5, 5.41) is 9.03. The third-order valence-corrected chi connectivity index (χ3v) is 2.73. The van der Waals surface area contributed by atoms with Crippen LogP contribution in [-0.2, 0) is 9.53 Å². The van der Waals surface area contributed by atoms with Gasteiger partial charge in [0.05, 0.1) is 24.7 Å². The molecular formula is C12H12O4. The number of carbonyl (C=O) groups is 2. The molecule has 1 aromatic rings. The Morgan fingerprint density at radius 1 is 1.38 bits per heavy atom.